The average Bonchev–Trinajstić information content (AvgIpc) is 3.50. The summed E-state index contributed by atoms with van der Waals surface area (Å²) < 4.78 is 17.1. The van der Waals surface area contributed by atoms with Crippen molar-refractivity contribution < 1.29 is 19.0 Å². The zero-order valence-electron chi connectivity index (χ0n) is 22.7. The van der Waals surface area contributed by atoms with E-state index >= 15 is 0 Å². The van der Waals surface area contributed by atoms with Crippen molar-refractivity contribution in [3.63, 3.8) is 0 Å². The van der Waals surface area contributed by atoms with Gasteiger partial charge in [0.2, 0.25) is 0 Å². The number of hydrogen-bond acceptors (Lipinski definition) is 9. The van der Waals surface area contributed by atoms with Crippen molar-refractivity contribution in [1.82, 2.24) is 19.9 Å². The monoisotopic (exact) mass is 531 g/mol. The Balaban J connectivity index is 1.25. The summed E-state index contributed by atoms with van der Waals surface area (Å²) in [5, 5.41) is 2.95. The lowest BCUT2D eigenvalue weighted by molar-refractivity contribution is -0.141. The summed E-state index contributed by atoms with van der Waals surface area (Å²) in [6.07, 6.45) is 4.84. The van der Waals surface area contributed by atoms with Gasteiger partial charge in [-0.3, -0.25) is 15.2 Å². The largest absolute Gasteiger partial charge is 0.461 e. The molecular formula is C28H33N7O4. The van der Waals surface area contributed by atoms with Crippen LogP contribution in [0.2, 0.25) is 0 Å². The quantitative estimate of drug-likeness (QED) is 0.505. The van der Waals surface area contributed by atoms with Crippen LogP contribution in [0.15, 0.2) is 36.7 Å². The molecule has 11 heteroatoms. The number of aryl methyl sites for hydroxylation is 2. The third-order valence-electron chi connectivity index (χ3n) is 7.26. The highest BCUT2D eigenvalue weighted by Crippen LogP contribution is 2.42. The number of hydrogen-bond donors (Lipinski definition) is 1. The van der Waals surface area contributed by atoms with Gasteiger partial charge in [-0.15, -0.1) is 0 Å². The number of nitrogens with zero attached hydrogens (tertiary/aromatic N) is 6. The van der Waals surface area contributed by atoms with Gasteiger partial charge < -0.3 is 19.1 Å². The molecular weight excluding hydrogens is 498 g/mol. The molecule has 0 radical (unpaired) electrons. The van der Waals surface area contributed by atoms with E-state index in [9.17, 15) is 4.79 Å². The van der Waals surface area contributed by atoms with Crippen LogP contribution in [0.1, 0.15) is 38.4 Å². The molecule has 2 saturated heterocycles. The molecule has 3 aromatic heterocycles. The fraction of sp³-hybridized carbons (Fsp3) is 0.464. The third-order valence-corrected chi connectivity index (χ3v) is 7.26. The second-order valence-corrected chi connectivity index (χ2v) is 10.6. The highest BCUT2D eigenvalue weighted by molar-refractivity contribution is 6.04. The lowest BCUT2D eigenvalue weighted by atomic mass is 10.0. The molecule has 39 heavy (non-hydrogen) atoms. The van der Waals surface area contributed by atoms with Crippen molar-refractivity contribution in [3.05, 3.63) is 47.9 Å². The molecule has 0 aliphatic carbocycles. The minimum atomic E-state index is -0.632. The molecule has 0 saturated carbocycles. The van der Waals surface area contributed by atoms with Gasteiger partial charge in [-0.2, -0.15) is 4.98 Å². The van der Waals surface area contributed by atoms with Gasteiger partial charge in [-0.1, -0.05) is 6.92 Å². The Morgan fingerprint density at radius 2 is 2.05 bits per heavy atom. The Bertz CT molecular complexity index is 1400. The molecule has 3 aliphatic rings. The standard InChI is InChI=1S/C28H33N7O4/c1-5-18-13-22-25(33-24(18)19-6-9-29-17(2)12-19)35(20-8-11-34(22)14-20)27(36)32-23-7-10-30-26(31-23)37-15-21-16-38-28(3,4)39-21/h6-7,9-10,12-13,20-21H,5,8,11,14-16H2,1-4H3,(H,30,31,32,36). The van der Waals surface area contributed by atoms with Crippen LogP contribution in [-0.2, 0) is 15.9 Å². The summed E-state index contributed by atoms with van der Waals surface area (Å²) in [6, 6.07) is 7.72. The van der Waals surface area contributed by atoms with E-state index in [4.69, 9.17) is 19.2 Å². The summed E-state index contributed by atoms with van der Waals surface area (Å²) in [7, 11) is 0. The Labute approximate surface area is 227 Å². The predicted molar refractivity (Wildman–Crippen MR) is 146 cm³/mol. The first-order valence-corrected chi connectivity index (χ1v) is 13.4. The smallest absolute Gasteiger partial charge is 0.329 e. The SMILES string of the molecule is CCc1cc2c(nc1-c1ccnc(C)c1)N(C(=O)Nc1ccnc(OCC3COC(C)(C)O3)n1)C1CCN2C1. The number of nitrogens with one attached hydrogen (secondary N) is 1. The molecule has 204 valence electrons. The van der Waals surface area contributed by atoms with E-state index in [2.05, 4.69) is 38.2 Å². The number of rotatable bonds is 6. The van der Waals surface area contributed by atoms with Crippen molar-refractivity contribution >= 4 is 23.4 Å². The number of pyridine rings is 2. The van der Waals surface area contributed by atoms with Crippen LogP contribution in [0, 0.1) is 6.92 Å². The maximum absolute atomic E-state index is 13.7. The van der Waals surface area contributed by atoms with Gasteiger partial charge in [-0.25, -0.2) is 14.8 Å². The van der Waals surface area contributed by atoms with Crippen LogP contribution < -0.4 is 19.9 Å². The molecule has 2 amide bonds. The van der Waals surface area contributed by atoms with E-state index in [0.717, 1.165) is 54.1 Å². The van der Waals surface area contributed by atoms with E-state index < -0.39 is 5.79 Å². The maximum Gasteiger partial charge on any atom is 0.329 e. The molecule has 3 aromatic rings. The van der Waals surface area contributed by atoms with Gasteiger partial charge in [0, 0.05) is 36.7 Å². The van der Waals surface area contributed by atoms with Crippen molar-refractivity contribution in [2.24, 2.45) is 0 Å². The highest BCUT2D eigenvalue weighted by Gasteiger charge is 2.41. The van der Waals surface area contributed by atoms with E-state index in [1.54, 1.807) is 23.4 Å². The van der Waals surface area contributed by atoms with Crippen LogP contribution in [0.3, 0.4) is 0 Å². The summed E-state index contributed by atoms with van der Waals surface area (Å²) in [6.45, 7) is 10.2. The number of urea groups is 1. The zero-order valence-corrected chi connectivity index (χ0v) is 22.7. The second kappa shape index (κ2) is 10.0. The number of anilines is 3. The van der Waals surface area contributed by atoms with Crippen LogP contribution >= 0.6 is 0 Å². The van der Waals surface area contributed by atoms with Crippen LogP contribution in [0.25, 0.3) is 11.3 Å². The number of carbonyl (C=O) groups is 1. The molecule has 2 fully saturated rings. The van der Waals surface area contributed by atoms with E-state index in [0.29, 0.717) is 18.2 Å². The molecule has 11 nitrogen and oxygen atoms in total. The molecule has 3 aliphatic heterocycles. The van der Waals surface area contributed by atoms with Crippen molar-refractivity contribution in [1.29, 1.82) is 0 Å². The van der Waals surface area contributed by atoms with Crippen LogP contribution in [0.5, 0.6) is 6.01 Å². The first-order chi connectivity index (χ1) is 18.8. The Morgan fingerprint density at radius 1 is 1.21 bits per heavy atom. The van der Waals surface area contributed by atoms with Gasteiger partial charge in [-0.05, 0) is 63.4 Å². The van der Waals surface area contributed by atoms with E-state index in [-0.39, 0.29) is 30.8 Å². The fourth-order valence-corrected chi connectivity index (χ4v) is 5.42. The molecule has 6 heterocycles. The first kappa shape index (κ1) is 25.4. The molecule has 1 N–H and O–H groups in total. The van der Waals surface area contributed by atoms with E-state index in [1.807, 2.05) is 32.9 Å². The second-order valence-electron chi connectivity index (χ2n) is 10.6. The molecule has 0 spiro atoms. The first-order valence-electron chi connectivity index (χ1n) is 13.4. The number of aromatic nitrogens is 4. The van der Waals surface area contributed by atoms with Gasteiger partial charge in [0.1, 0.15) is 18.5 Å². The van der Waals surface area contributed by atoms with Crippen LogP contribution in [0.4, 0.5) is 22.1 Å². The lowest BCUT2D eigenvalue weighted by Gasteiger charge is -2.36. The number of amides is 2. The number of fused-ring (bicyclic) bond motifs is 4. The lowest BCUT2D eigenvalue weighted by Crippen LogP contribution is -2.48. The van der Waals surface area contributed by atoms with Gasteiger partial charge >= 0.3 is 12.0 Å². The molecule has 2 unspecified atom stereocenters. The number of ether oxygens (including phenoxy) is 3. The zero-order chi connectivity index (χ0) is 27.1. The number of carbonyl (C=O) groups excluding carboxylic acids is 1. The molecule has 2 atom stereocenters. The minimum absolute atomic E-state index is 0.0185. The summed E-state index contributed by atoms with van der Waals surface area (Å²) in [5.74, 6) is 0.383. The van der Waals surface area contributed by atoms with Crippen molar-refractivity contribution in [3.8, 4) is 17.3 Å². The average molecular weight is 532 g/mol. The third kappa shape index (κ3) is 5.11. The summed E-state index contributed by atoms with van der Waals surface area (Å²) >= 11 is 0. The Kier molecular flexibility index (Phi) is 6.56. The predicted octanol–water partition coefficient (Wildman–Crippen LogP) is 3.97. The van der Waals surface area contributed by atoms with Crippen LogP contribution in [-0.4, -0.2) is 70.2 Å². The molecule has 6 rings (SSSR count). The molecule has 2 bridgehead atoms. The van der Waals surface area contributed by atoms with E-state index in [1.165, 1.54) is 0 Å². The molecule has 0 aromatic carbocycles. The van der Waals surface area contributed by atoms with Gasteiger partial charge in [0.25, 0.3) is 0 Å². The topological polar surface area (TPSA) is 115 Å². The normalized spacial score (nSPS) is 21.1. The highest BCUT2D eigenvalue weighted by atomic mass is 16.7. The minimum Gasteiger partial charge on any atom is -0.461 e. The summed E-state index contributed by atoms with van der Waals surface area (Å²) in [5.41, 5.74) is 4.92. The van der Waals surface area contributed by atoms with Crippen molar-refractivity contribution in [2.75, 3.05) is 41.4 Å². The maximum atomic E-state index is 13.7. The Morgan fingerprint density at radius 3 is 2.82 bits per heavy atom. The van der Waals surface area contributed by atoms with Gasteiger partial charge in [0.15, 0.2) is 11.6 Å². The van der Waals surface area contributed by atoms with Gasteiger partial charge in [0.05, 0.1) is 24.0 Å². The summed E-state index contributed by atoms with van der Waals surface area (Å²) in [4.78, 5) is 35.9. The van der Waals surface area contributed by atoms with Crippen molar-refractivity contribution in [2.45, 2.75) is 58.5 Å². The fourth-order valence-electron chi connectivity index (χ4n) is 5.42. The Hall–Kier alpha value is -3.83.